The third-order valence-corrected chi connectivity index (χ3v) is 8.12. The van der Waals surface area contributed by atoms with Crippen LogP contribution in [-0.4, -0.2) is 0 Å². The lowest BCUT2D eigenvalue weighted by Gasteiger charge is -2.35. The molecule has 0 saturated carbocycles. The summed E-state index contributed by atoms with van der Waals surface area (Å²) in [6.45, 7) is 0. The summed E-state index contributed by atoms with van der Waals surface area (Å²) in [5.74, 6) is 1.50. The third kappa shape index (κ3) is 2.98. The topological polar surface area (TPSA) is 0 Å². The quantitative estimate of drug-likeness (QED) is 0.231. The van der Waals surface area contributed by atoms with Crippen molar-refractivity contribution in [1.82, 2.24) is 0 Å². The monoisotopic (exact) mass is 436 g/mol. The molecule has 164 valence electrons. The van der Waals surface area contributed by atoms with E-state index in [0.29, 0.717) is 17.8 Å². The van der Waals surface area contributed by atoms with E-state index in [1.54, 1.807) is 0 Å². The predicted octanol–water partition coefficient (Wildman–Crippen LogP) is 7.17. The van der Waals surface area contributed by atoms with Crippen LogP contribution in [0.2, 0.25) is 0 Å². The van der Waals surface area contributed by atoms with Gasteiger partial charge in [-0.05, 0) is 79.8 Å². The van der Waals surface area contributed by atoms with Gasteiger partial charge >= 0.3 is 0 Å². The van der Waals surface area contributed by atoms with Crippen LogP contribution >= 0.6 is 0 Å². The molecule has 0 aliphatic heterocycles. The summed E-state index contributed by atoms with van der Waals surface area (Å²) in [7, 11) is 0. The van der Waals surface area contributed by atoms with Crippen molar-refractivity contribution in [3.63, 3.8) is 0 Å². The number of hydrogen-bond donors (Lipinski definition) is 0. The van der Waals surface area contributed by atoms with Crippen LogP contribution in [-0.2, 0) is 0 Å². The fourth-order valence-corrected chi connectivity index (χ4v) is 6.65. The van der Waals surface area contributed by atoms with Crippen molar-refractivity contribution in [2.45, 2.75) is 25.2 Å². The van der Waals surface area contributed by atoms with Crippen molar-refractivity contribution in [3.8, 4) is 0 Å². The van der Waals surface area contributed by atoms with Gasteiger partial charge in [0.05, 0.1) is 0 Å². The van der Waals surface area contributed by atoms with E-state index in [1.165, 1.54) is 48.7 Å². The first kappa shape index (κ1) is 19.8. The lowest BCUT2D eigenvalue weighted by Crippen LogP contribution is -2.29. The van der Waals surface area contributed by atoms with Crippen LogP contribution in [0.1, 0.15) is 36.3 Å². The molecule has 0 aromatic heterocycles. The fourth-order valence-electron chi connectivity index (χ4n) is 6.65. The summed E-state index contributed by atoms with van der Waals surface area (Å²) in [6.07, 6.45) is 19.9. The minimum Gasteiger partial charge on any atom is -0.0873 e. The molecule has 4 aromatic carbocycles. The Kier molecular flexibility index (Phi) is 4.65. The highest BCUT2D eigenvalue weighted by Crippen LogP contribution is 2.47. The smallest absolute Gasteiger partial charge is 0.00990 e. The minimum absolute atomic E-state index is 0.390. The van der Waals surface area contributed by atoms with Gasteiger partial charge in [-0.1, -0.05) is 115 Å². The van der Waals surface area contributed by atoms with E-state index in [1.807, 2.05) is 0 Å². The van der Waals surface area contributed by atoms with Crippen LogP contribution < -0.4 is 10.4 Å². The van der Waals surface area contributed by atoms with Gasteiger partial charge < -0.3 is 0 Å². The molecule has 0 bridgehead atoms. The Morgan fingerprint density at radius 3 is 2.12 bits per heavy atom. The molecule has 0 heterocycles. The summed E-state index contributed by atoms with van der Waals surface area (Å²) < 4.78 is 0. The Hall–Kier alpha value is -3.64. The fraction of sp³-hybridized carbons (Fsp3) is 0.176. The van der Waals surface area contributed by atoms with Gasteiger partial charge in [-0.2, -0.15) is 0 Å². The number of benzene rings is 4. The van der Waals surface area contributed by atoms with E-state index in [4.69, 9.17) is 0 Å². The van der Waals surface area contributed by atoms with Gasteiger partial charge in [0.2, 0.25) is 0 Å². The molecule has 0 nitrogen and oxygen atoms in total. The van der Waals surface area contributed by atoms with Gasteiger partial charge in [0.1, 0.15) is 0 Å². The van der Waals surface area contributed by atoms with Crippen molar-refractivity contribution in [3.05, 3.63) is 131 Å². The average Bonchev–Trinajstić information content (AvgIpc) is 2.91. The Balaban J connectivity index is 1.61. The minimum atomic E-state index is 0.390. The van der Waals surface area contributed by atoms with Gasteiger partial charge in [0.25, 0.3) is 0 Å². The van der Waals surface area contributed by atoms with E-state index in [2.05, 4.69) is 115 Å². The van der Waals surface area contributed by atoms with E-state index in [9.17, 15) is 0 Å². The first-order valence-electron chi connectivity index (χ1n) is 12.6. The molecule has 0 N–H and O–H groups in total. The SMILES string of the molecule is C1=CC2CC=CC(c3c4ccccc4c(C4=c5ccccc5=CCC4)c4ccccc34)C2C=C1. The van der Waals surface area contributed by atoms with Crippen LogP contribution in [0.15, 0.2) is 109 Å². The van der Waals surface area contributed by atoms with E-state index < -0.39 is 0 Å². The Bertz CT molecular complexity index is 1590. The second-order valence-corrected chi connectivity index (χ2v) is 9.89. The van der Waals surface area contributed by atoms with E-state index in [0.717, 1.165) is 19.3 Å². The summed E-state index contributed by atoms with van der Waals surface area (Å²) in [5.41, 5.74) is 4.43. The molecule has 3 unspecified atom stereocenters. The van der Waals surface area contributed by atoms with Crippen LogP contribution in [0.5, 0.6) is 0 Å². The molecule has 4 aromatic rings. The lowest BCUT2D eigenvalue weighted by atomic mass is 9.69. The highest BCUT2D eigenvalue weighted by Gasteiger charge is 2.32. The van der Waals surface area contributed by atoms with Crippen molar-refractivity contribution in [2.75, 3.05) is 0 Å². The summed E-state index contributed by atoms with van der Waals surface area (Å²) >= 11 is 0. The number of allylic oxidation sites excluding steroid dienone is 6. The molecule has 0 fully saturated rings. The van der Waals surface area contributed by atoms with Crippen LogP contribution in [0, 0.1) is 11.8 Å². The van der Waals surface area contributed by atoms with Gasteiger partial charge in [0.15, 0.2) is 0 Å². The van der Waals surface area contributed by atoms with Gasteiger partial charge in [-0.25, -0.2) is 0 Å². The standard InChI is InChI=1S/C34H28/c1-3-15-25-23(11-1)13-9-21-27(25)33-29-17-5-7-19-31(29)34(32-20-8-6-18-30(32)33)28-22-10-14-24-12-2-4-16-26(24)28/h1-9,11-12,14-21,23,25,27H,10,13,22H2. The van der Waals surface area contributed by atoms with Crippen LogP contribution in [0.3, 0.4) is 0 Å². The second kappa shape index (κ2) is 7.99. The van der Waals surface area contributed by atoms with Crippen LogP contribution in [0.4, 0.5) is 0 Å². The molecular formula is C34H28. The zero-order valence-electron chi connectivity index (χ0n) is 19.3. The van der Waals surface area contributed by atoms with E-state index >= 15 is 0 Å². The summed E-state index contributed by atoms with van der Waals surface area (Å²) in [4.78, 5) is 0. The second-order valence-electron chi connectivity index (χ2n) is 9.89. The Morgan fingerprint density at radius 1 is 0.647 bits per heavy atom. The first-order chi connectivity index (χ1) is 16.9. The molecule has 3 aliphatic rings. The number of rotatable bonds is 2. The zero-order chi connectivity index (χ0) is 22.5. The molecule has 7 rings (SSSR count). The highest BCUT2D eigenvalue weighted by atomic mass is 14.4. The van der Waals surface area contributed by atoms with Crippen LogP contribution in [0.25, 0.3) is 33.2 Å². The number of fused-ring (bicyclic) bond motifs is 4. The molecule has 3 aliphatic carbocycles. The maximum Gasteiger partial charge on any atom is 0.00990 e. The molecule has 0 amide bonds. The maximum atomic E-state index is 2.48. The molecule has 0 heteroatoms. The number of hydrogen-bond acceptors (Lipinski definition) is 0. The Morgan fingerprint density at radius 2 is 1.32 bits per heavy atom. The van der Waals surface area contributed by atoms with Gasteiger partial charge in [-0.15, -0.1) is 0 Å². The zero-order valence-corrected chi connectivity index (χ0v) is 19.3. The summed E-state index contributed by atoms with van der Waals surface area (Å²) in [6, 6.07) is 27.2. The molecule has 34 heavy (non-hydrogen) atoms. The third-order valence-electron chi connectivity index (χ3n) is 8.12. The maximum absolute atomic E-state index is 2.48. The Labute approximate surface area is 200 Å². The lowest BCUT2D eigenvalue weighted by molar-refractivity contribution is 0.419. The largest absolute Gasteiger partial charge is 0.0873 e. The van der Waals surface area contributed by atoms with Gasteiger partial charge in [0, 0.05) is 5.92 Å². The average molecular weight is 437 g/mol. The normalized spacial score (nSPS) is 23.1. The molecule has 0 saturated heterocycles. The van der Waals surface area contributed by atoms with Crippen molar-refractivity contribution < 1.29 is 0 Å². The molecule has 3 atom stereocenters. The van der Waals surface area contributed by atoms with Crippen molar-refractivity contribution in [1.29, 1.82) is 0 Å². The highest BCUT2D eigenvalue weighted by molar-refractivity contribution is 6.12. The van der Waals surface area contributed by atoms with Crippen molar-refractivity contribution >= 4 is 33.2 Å². The molecule has 0 spiro atoms. The predicted molar refractivity (Wildman–Crippen MR) is 145 cm³/mol. The molecule has 0 radical (unpaired) electrons. The van der Waals surface area contributed by atoms with Crippen molar-refractivity contribution in [2.24, 2.45) is 11.8 Å². The molecular weight excluding hydrogens is 408 g/mol. The van der Waals surface area contributed by atoms with Gasteiger partial charge in [-0.3, -0.25) is 0 Å². The first-order valence-corrected chi connectivity index (χ1v) is 12.6. The summed E-state index contributed by atoms with van der Waals surface area (Å²) in [5, 5.41) is 8.39. The van der Waals surface area contributed by atoms with E-state index in [-0.39, 0.29) is 0 Å².